The maximum absolute atomic E-state index is 13.8. The van der Waals surface area contributed by atoms with E-state index in [4.69, 9.17) is 11.6 Å². The predicted octanol–water partition coefficient (Wildman–Crippen LogP) is 3.75. The SMILES string of the molecule is Cc1ccc([C@H]2NC(=O)N[C@@](O)(C(F)(F)F)[C@@H]2C(=O)c2ccc(Cl)cc2)cc1. The van der Waals surface area contributed by atoms with Crippen LogP contribution in [0.2, 0.25) is 5.02 Å². The van der Waals surface area contributed by atoms with E-state index < -0.39 is 35.7 Å². The molecule has 1 saturated heterocycles. The van der Waals surface area contributed by atoms with E-state index in [0.717, 1.165) is 5.56 Å². The van der Waals surface area contributed by atoms with Crippen molar-refractivity contribution in [2.75, 3.05) is 0 Å². The second-order valence-corrected chi connectivity index (χ2v) is 7.04. The molecule has 1 aliphatic heterocycles. The molecule has 2 aromatic rings. The summed E-state index contributed by atoms with van der Waals surface area (Å²) in [7, 11) is 0. The standard InChI is InChI=1S/C19H16ClF3N2O3/c1-10-2-4-11(5-3-10)15-14(16(26)12-6-8-13(20)9-7-12)18(28,19(21,22)23)25-17(27)24-15/h2-9,14-15,28H,1H3,(H2,24,25,27)/t14-,15+,18-/m0/s1. The highest BCUT2D eigenvalue weighted by Crippen LogP contribution is 2.44. The van der Waals surface area contributed by atoms with Gasteiger partial charge in [-0.05, 0) is 36.8 Å². The maximum atomic E-state index is 13.8. The highest BCUT2D eigenvalue weighted by Gasteiger charge is 2.66. The Balaban J connectivity index is 2.15. The van der Waals surface area contributed by atoms with Gasteiger partial charge in [-0.3, -0.25) is 4.79 Å². The van der Waals surface area contributed by atoms with E-state index in [1.165, 1.54) is 41.7 Å². The van der Waals surface area contributed by atoms with Gasteiger partial charge in [-0.15, -0.1) is 0 Å². The fourth-order valence-corrected chi connectivity index (χ4v) is 3.31. The van der Waals surface area contributed by atoms with Crippen LogP contribution in [0.1, 0.15) is 27.5 Å². The molecule has 5 nitrogen and oxygen atoms in total. The summed E-state index contributed by atoms with van der Waals surface area (Å²) in [4.78, 5) is 25.0. The van der Waals surface area contributed by atoms with E-state index >= 15 is 0 Å². The molecule has 2 amide bonds. The Hall–Kier alpha value is -2.58. The summed E-state index contributed by atoms with van der Waals surface area (Å²) in [6, 6.07) is 8.91. The summed E-state index contributed by atoms with van der Waals surface area (Å²) < 4.78 is 41.3. The van der Waals surface area contributed by atoms with Gasteiger partial charge in [0.05, 0.1) is 6.04 Å². The number of hydrogen-bond acceptors (Lipinski definition) is 3. The van der Waals surface area contributed by atoms with Gasteiger partial charge < -0.3 is 15.7 Å². The number of alkyl halides is 3. The van der Waals surface area contributed by atoms with Crippen LogP contribution in [0.15, 0.2) is 48.5 Å². The van der Waals surface area contributed by atoms with Gasteiger partial charge in [0.2, 0.25) is 5.72 Å². The average molecular weight is 413 g/mol. The van der Waals surface area contributed by atoms with Crippen LogP contribution in [0.5, 0.6) is 0 Å². The summed E-state index contributed by atoms with van der Waals surface area (Å²) in [5.41, 5.74) is -2.72. The third kappa shape index (κ3) is 3.57. The first-order valence-electron chi connectivity index (χ1n) is 8.27. The summed E-state index contributed by atoms with van der Waals surface area (Å²) in [5, 5.41) is 14.6. The van der Waals surface area contributed by atoms with Crippen molar-refractivity contribution in [3.05, 3.63) is 70.2 Å². The number of carbonyl (C=O) groups is 2. The van der Waals surface area contributed by atoms with Gasteiger partial charge in [0, 0.05) is 10.6 Å². The van der Waals surface area contributed by atoms with Crippen LogP contribution >= 0.6 is 11.6 Å². The first-order chi connectivity index (χ1) is 13.0. The van der Waals surface area contributed by atoms with Crippen LogP contribution in [-0.2, 0) is 0 Å². The summed E-state index contributed by atoms with van der Waals surface area (Å²) in [5.74, 6) is -3.05. The zero-order valence-corrected chi connectivity index (χ0v) is 15.3. The van der Waals surface area contributed by atoms with Crippen molar-refractivity contribution >= 4 is 23.4 Å². The maximum Gasteiger partial charge on any atom is 0.437 e. The van der Waals surface area contributed by atoms with Crippen molar-refractivity contribution in [3.8, 4) is 0 Å². The summed E-state index contributed by atoms with van der Waals surface area (Å²) >= 11 is 5.78. The lowest BCUT2D eigenvalue weighted by Gasteiger charge is -2.45. The molecule has 0 bridgehead atoms. The molecule has 0 radical (unpaired) electrons. The van der Waals surface area contributed by atoms with Crippen LogP contribution in [0, 0.1) is 12.8 Å². The molecule has 2 aromatic carbocycles. The van der Waals surface area contributed by atoms with Crippen molar-refractivity contribution in [1.29, 1.82) is 0 Å². The van der Waals surface area contributed by atoms with Gasteiger partial charge in [0.1, 0.15) is 5.92 Å². The van der Waals surface area contributed by atoms with Crippen LogP contribution in [0.4, 0.5) is 18.0 Å². The first-order valence-corrected chi connectivity index (χ1v) is 8.65. The molecule has 0 saturated carbocycles. The Morgan fingerprint density at radius 2 is 1.68 bits per heavy atom. The van der Waals surface area contributed by atoms with Crippen LogP contribution in [0.25, 0.3) is 0 Å². The minimum absolute atomic E-state index is 0.0767. The molecule has 28 heavy (non-hydrogen) atoms. The van der Waals surface area contributed by atoms with Gasteiger partial charge in [-0.2, -0.15) is 13.2 Å². The number of urea groups is 1. The molecule has 1 heterocycles. The van der Waals surface area contributed by atoms with Crippen molar-refractivity contribution in [2.45, 2.75) is 24.9 Å². The third-order valence-electron chi connectivity index (χ3n) is 4.65. The van der Waals surface area contributed by atoms with Gasteiger partial charge in [0.25, 0.3) is 0 Å². The molecule has 3 rings (SSSR count). The molecule has 3 N–H and O–H groups in total. The number of amides is 2. The fraction of sp³-hybridized carbons (Fsp3) is 0.263. The normalized spacial score (nSPS) is 25.0. The lowest BCUT2D eigenvalue weighted by atomic mass is 9.77. The number of aliphatic hydroxyl groups is 1. The van der Waals surface area contributed by atoms with E-state index in [9.17, 15) is 27.9 Å². The van der Waals surface area contributed by atoms with Crippen molar-refractivity contribution < 1.29 is 27.9 Å². The number of ketones is 1. The molecular weight excluding hydrogens is 397 g/mol. The smallest absolute Gasteiger partial charge is 0.363 e. The number of nitrogens with one attached hydrogen (secondary N) is 2. The molecule has 0 aliphatic carbocycles. The second-order valence-electron chi connectivity index (χ2n) is 6.60. The number of carbonyl (C=O) groups excluding carboxylic acids is 2. The number of rotatable bonds is 3. The van der Waals surface area contributed by atoms with E-state index in [0.29, 0.717) is 5.02 Å². The topological polar surface area (TPSA) is 78.4 Å². The molecule has 148 valence electrons. The van der Waals surface area contributed by atoms with E-state index in [-0.39, 0.29) is 11.1 Å². The van der Waals surface area contributed by atoms with E-state index in [1.54, 1.807) is 19.1 Å². The lowest BCUT2D eigenvalue weighted by molar-refractivity contribution is -0.287. The molecule has 1 fully saturated rings. The largest absolute Gasteiger partial charge is 0.437 e. The Morgan fingerprint density at radius 1 is 1.11 bits per heavy atom. The fourth-order valence-electron chi connectivity index (χ4n) is 3.18. The minimum Gasteiger partial charge on any atom is -0.363 e. The third-order valence-corrected chi connectivity index (χ3v) is 4.91. The molecule has 0 unspecified atom stereocenters. The Bertz CT molecular complexity index is 900. The Kier molecular flexibility index (Phi) is 5.12. The zero-order chi connectivity index (χ0) is 20.7. The zero-order valence-electron chi connectivity index (χ0n) is 14.5. The summed E-state index contributed by atoms with van der Waals surface area (Å²) in [6.45, 7) is 1.78. The monoisotopic (exact) mass is 412 g/mol. The van der Waals surface area contributed by atoms with Crippen LogP contribution in [-0.4, -0.2) is 28.8 Å². The number of hydrogen-bond donors (Lipinski definition) is 3. The Labute approximate surface area is 163 Å². The molecular formula is C19H16ClF3N2O3. The van der Waals surface area contributed by atoms with Crippen LogP contribution in [0.3, 0.4) is 0 Å². The van der Waals surface area contributed by atoms with E-state index in [2.05, 4.69) is 5.32 Å². The van der Waals surface area contributed by atoms with Gasteiger partial charge in [-0.25, -0.2) is 4.79 Å². The molecule has 0 spiro atoms. The highest BCUT2D eigenvalue weighted by molar-refractivity contribution is 6.30. The van der Waals surface area contributed by atoms with Crippen LogP contribution < -0.4 is 10.6 Å². The number of Topliss-reactive ketones (excluding diaryl/α,β-unsaturated/α-hetero) is 1. The van der Waals surface area contributed by atoms with E-state index in [1.807, 2.05) is 0 Å². The Morgan fingerprint density at radius 3 is 2.21 bits per heavy atom. The van der Waals surface area contributed by atoms with Gasteiger partial charge in [-0.1, -0.05) is 41.4 Å². The van der Waals surface area contributed by atoms with Crippen molar-refractivity contribution in [1.82, 2.24) is 10.6 Å². The number of aryl methyl sites for hydroxylation is 1. The highest BCUT2D eigenvalue weighted by atomic mass is 35.5. The molecule has 3 atom stereocenters. The number of halogens is 4. The summed E-state index contributed by atoms with van der Waals surface area (Å²) in [6.07, 6.45) is -5.29. The van der Waals surface area contributed by atoms with Crippen molar-refractivity contribution in [2.24, 2.45) is 5.92 Å². The predicted molar refractivity (Wildman–Crippen MR) is 95.9 cm³/mol. The lowest BCUT2D eigenvalue weighted by Crippen LogP contribution is -2.72. The van der Waals surface area contributed by atoms with Gasteiger partial charge in [0.15, 0.2) is 5.78 Å². The average Bonchev–Trinajstić information content (AvgIpc) is 2.61. The quantitative estimate of drug-likeness (QED) is 0.672. The first kappa shape index (κ1) is 20.2. The van der Waals surface area contributed by atoms with Crippen molar-refractivity contribution in [3.63, 3.8) is 0 Å². The van der Waals surface area contributed by atoms with Gasteiger partial charge >= 0.3 is 12.2 Å². The number of benzene rings is 2. The second kappa shape index (κ2) is 7.10. The molecule has 1 aliphatic rings. The minimum atomic E-state index is -5.29. The molecule has 9 heteroatoms. The molecule has 0 aromatic heterocycles.